The predicted molar refractivity (Wildman–Crippen MR) is 192 cm³/mol. The summed E-state index contributed by atoms with van der Waals surface area (Å²) in [6.45, 7) is 15.6. The van der Waals surface area contributed by atoms with Gasteiger partial charge >= 0.3 is 5.97 Å². The Hall–Kier alpha value is -1.19. The summed E-state index contributed by atoms with van der Waals surface area (Å²) in [6, 6.07) is 0. The number of hydrogen-bond acceptors (Lipinski definition) is 11. The van der Waals surface area contributed by atoms with Crippen LogP contribution in [0.15, 0.2) is 11.6 Å². The number of rotatable bonds is 6. The molecule has 7 rings (SSSR count). The number of aliphatic carboxylic acids is 1. The minimum atomic E-state index is -1.61. The summed E-state index contributed by atoms with van der Waals surface area (Å²) in [5.74, 6) is 0.967. The zero-order chi connectivity index (χ0) is 38.6. The maximum atomic E-state index is 13.1. The Morgan fingerprint density at radius 2 is 1.53 bits per heavy atom. The largest absolute Gasteiger partial charge is 0.481 e. The number of carboxylic acid groups (broad SMARTS) is 1. The highest BCUT2D eigenvalue weighted by Crippen LogP contribution is 2.76. The molecule has 12 heteroatoms. The van der Waals surface area contributed by atoms with Gasteiger partial charge in [-0.15, -0.1) is 0 Å². The first-order chi connectivity index (χ1) is 24.8. The number of ether oxygens (including phenoxy) is 4. The molecule has 302 valence electrons. The summed E-state index contributed by atoms with van der Waals surface area (Å²) in [4.78, 5) is 13.1. The van der Waals surface area contributed by atoms with Crippen molar-refractivity contribution < 1.29 is 59.5 Å². The van der Waals surface area contributed by atoms with E-state index in [2.05, 4.69) is 54.5 Å². The SMILES string of the molecule is C[C@@H]1CC[C@]2(C(=O)O)CC[C@]3(C)C(=CCC4[C@@]5(C)CC[C@H](O[C@@H]6O[C@H](CO)[C@@H](O[C@H]7OC[C@H](O)[C@H](O)[C@H]7O)[C@H](O)[C@H]6O)C(C)(C)C5CC[C@]43C)C2[C@H]1C. The second kappa shape index (κ2) is 13.7. The number of allylic oxidation sites excluding steroid dienone is 2. The van der Waals surface area contributed by atoms with Gasteiger partial charge in [-0.3, -0.25) is 4.79 Å². The van der Waals surface area contributed by atoms with Crippen LogP contribution in [0.5, 0.6) is 0 Å². The molecule has 5 aliphatic carbocycles. The standard InChI is InChI=1S/C41H66O12/c1-20-10-15-41(36(48)49)17-16-39(6)22(28(41)21(20)2)8-9-26-38(5)13-12-27(37(3,4)25(38)11-14-40(26,39)7)52-35-32(47)30(45)33(24(18-42)51-35)53-34-31(46)29(44)23(43)19-50-34/h8,20-21,23-35,42-47H,9-19H2,1-7H3,(H,48,49)/t20-,21+,23+,24-,25?,26?,27+,28?,29+,30-,31-,32-,33-,34-,35+,38+,39-,40-,41+/m1/s1. The molecule has 0 aromatic rings. The molecule has 7 aliphatic rings. The van der Waals surface area contributed by atoms with Gasteiger partial charge < -0.3 is 54.7 Å². The van der Waals surface area contributed by atoms with Crippen molar-refractivity contribution in [1.82, 2.24) is 0 Å². The highest BCUT2D eigenvalue weighted by Gasteiger charge is 2.70. The number of aliphatic hydroxyl groups is 6. The van der Waals surface area contributed by atoms with Crippen LogP contribution in [0.1, 0.15) is 106 Å². The van der Waals surface area contributed by atoms with Gasteiger partial charge in [-0.1, -0.05) is 60.1 Å². The van der Waals surface area contributed by atoms with E-state index in [4.69, 9.17) is 18.9 Å². The number of carboxylic acids is 1. The maximum absolute atomic E-state index is 13.1. The van der Waals surface area contributed by atoms with Crippen molar-refractivity contribution in [3.8, 4) is 0 Å². The summed E-state index contributed by atoms with van der Waals surface area (Å²) >= 11 is 0. The maximum Gasteiger partial charge on any atom is 0.310 e. The van der Waals surface area contributed by atoms with Gasteiger partial charge in [0.15, 0.2) is 12.6 Å². The van der Waals surface area contributed by atoms with Crippen molar-refractivity contribution in [2.24, 2.45) is 56.7 Å². The molecule has 12 nitrogen and oxygen atoms in total. The lowest BCUT2D eigenvalue weighted by Gasteiger charge is -2.71. The first-order valence-corrected chi connectivity index (χ1v) is 20.3. The lowest BCUT2D eigenvalue weighted by molar-refractivity contribution is -0.360. The minimum Gasteiger partial charge on any atom is -0.481 e. The van der Waals surface area contributed by atoms with Crippen molar-refractivity contribution in [2.75, 3.05) is 13.2 Å². The highest BCUT2D eigenvalue weighted by atomic mass is 16.7. The van der Waals surface area contributed by atoms with Gasteiger partial charge in [-0.25, -0.2) is 0 Å². The van der Waals surface area contributed by atoms with Crippen molar-refractivity contribution in [3.63, 3.8) is 0 Å². The Bertz CT molecular complexity index is 1420. The van der Waals surface area contributed by atoms with E-state index in [1.165, 1.54) is 5.57 Å². The topological polar surface area (TPSA) is 196 Å². The third-order valence-electron chi connectivity index (χ3n) is 17.2. The van der Waals surface area contributed by atoms with Crippen molar-refractivity contribution >= 4 is 5.97 Å². The second-order valence-corrected chi connectivity index (χ2v) is 19.7. The van der Waals surface area contributed by atoms with E-state index in [-0.39, 0.29) is 40.3 Å². The molecular weight excluding hydrogens is 684 g/mol. The van der Waals surface area contributed by atoms with Crippen molar-refractivity contribution in [1.29, 1.82) is 0 Å². The van der Waals surface area contributed by atoms with Crippen LogP contribution in [-0.2, 0) is 23.7 Å². The summed E-state index contributed by atoms with van der Waals surface area (Å²) in [6.07, 6.45) is -2.50. The molecule has 0 aromatic carbocycles. The lowest BCUT2D eigenvalue weighted by Crippen LogP contribution is -2.66. The van der Waals surface area contributed by atoms with Gasteiger partial charge in [0.05, 0.1) is 24.7 Å². The minimum absolute atomic E-state index is 0.00863. The third-order valence-corrected chi connectivity index (χ3v) is 17.2. The molecule has 2 saturated heterocycles. The van der Waals surface area contributed by atoms with E-state index in [0.717, 1.165) is 51.4 Å². The normalized spacial score (nSPS) is 55.1. The Balaban J connectivity index is 1.09. The van der Waals surface area contributed by atoms with E-state index in [1.54, 1.807) is 0 Å². The Kier molecular flexibility index (Phi) is 10.4. The molecule has 0 aromatic heterocycles. The molecule has 3 unspecified atom stereocenters. The molecular formula is C41H66O12. The molecule has 0 amide bonds. The Morgan fingerprint density at radius 3 is 2.21 bits per heavy atom. The Labute approximate surface area is 314 Å². The number of fused-ring (bicyclic) bond motifs is 7. The van der Waals surface area contributed by atoms with E-state index >= 15 is 0 Å². The molecule has 6 fully saturated rings. The van der Waals surface area contributed by atoms with Crippen LogP contribution < -0.4 is 0 Å². The molecule has 19 atom stereocenters. The second-order valence-electron chi connectivity index (χ2n) is 19.7. The van der Waals surface area contributed by atoms with Crippen LogP contribution in [-0.4, -0.2) is 116 Å². The quantitative estimate of drug-likeness (QED) is 0.155. The van der Waals surface area contributed by atoms with E-state index < -0.39 is 73.3 Å². The number of carbonyl (C=O) groups is 1. The molecule has 2 aliphatic heterocycles. The first kappa shape index (κ1) is 40.0. The van der Waals surface area contributed by atoms with Crippen LogP contribution >= 0.6 is 0 Å². The van der Waals surface area contributed by atoms with Gasteiger partial charge in [-0.2, -0.15) is 0 Å². The van der Waals surface area contributed by atoms with Crippen LogP contribution in [0, 0.1) is 56.7 Å². The van der Waals surface area contributed by atoms with Crippen molar-refractivity contribution in [2.45, 2.75) is 168 Å². The molecule has 0 radical (unpaired) electrons. The fourth-order valence-electron chi connectivity index (χ4n) is 13.6. The van der Waals surface area contributed by atoms with Gasteiger partial charge in [0.25, 0.3) is 0 Å². The van der Waals surface area contributed by atoms with E-state index in [1.807, 2.05) is 0 Å². The summed E-state index contributed by atoms with van der Waals surface area (Å²) in [5, 5.41) is 73.8. The smallest absolute Gasteiger partial charge is 0.310 e. The molecule has 4 saturated carbocycles. The third kappa shape index (κ3) is 5.77. The van der Waals surface area contributed by atoms with Gasteiger partial charge in [0.1, 0.15) is 42.7 Å². The van der Waals surface area contributed by atoms with Crippen LogP contribution in [0.4, 0.5) is 0 Å². The average Bonchev–Trinajstić information content (AvgIpc) is 3.10. The fraction of sp³-hybridized carbons (Fsp3) is 0.927. The van der Waals surface area contributed by atoms with E-state index in [0.29, 0.717) is 30.1 Å². The summed E-state index contributed by atoms with van der Waals surface area (Å²) in [7, 11) is 0. The molecule has 2 heterocycles. The molecule has 0 bridgehead atoms. The zero-order valence-electron chi connectivity index (χ0n) is 32.7. The summed E-state index contributed by atoms with van der Waals surface area (Å²) < 4.78 is 23.8. The number of hydrogen-bond donors (Lipinski definition) is 7. The molecule has 53 heavy (non-hydrogen) atoms. The molecule has 7 N–H and O–H groups in total. The fourth-order valence-corrected chi connectivity index (χ4v) is 13.6. The first-order valence-electron chi connectivity index (χ1n) is 20.3. The zero-order valence-corrected chi connectivity index (χ0v) is 32.7. The van der Waals surface area contributed by atoms with Crippen molar-refractivity contribution in [3.05, 3.63) is 11.6 Å². The average molecular weight is 751 g/mol. The lowest BCUT2D eigenvalue weighted by atomic mass is 9.33. The monoisotopic (exact) mass is 750 g/mol. The number of aliphatic hydroxyl groups excluding tert-OH is 6. The van der Waals surface area contributed by atoms with Gasteiger partial charge in [0, 0.05) is 0 Å². The van der Waals surface area contributed by atoms with Crippen LogP contribution in [0.25, 0.3) is 0 Å². The van der Waals surface area contributed by atoms with Crippen LogP contribution in [0.3, 0.4) is 0 Å². The van der Waals surface area contributed by atoms with Crippen LogP contribution in [0.2, 0.25) is 0 Å². The predicted octanol–water partition coefficient (Wildman–Crippen LogP) is 3.38. The highest BCUT2D eigenvalue weighted by molar-refractivity contribution is 5.76. The van der Waals surface area contributed by atoms with Gasteiger partial charge in [-0.05, 0) is 109 Å². The Morgan fingerprint density at radius 1 is 0.830 bits per heavy atom. The van der Waals surface area contributed by atoms with Gasteiger partial charge in [0.2, 0.25) is 0 Å². The molecule has 0 spiro atoms. The summed E-state index contributed by atoms with van der Waals surface area (Å²) in [5.41, 5.74) is 0.341. The van der Waals surface area contributed by atoms with E-state index in [9.17, 15) is 40.5 Å².